The number of hydrogen-bond donors (Lipinski definition) is 1. The number of aryl methyl sites for hydroxylation is 1. The van der Waals surface area contributed by atoms with Crippen LogP contribution in [-0.4, -0.2) is 9.55 Å². The normalized spacial score (nSPS) is 11.1. The highest BCUT2D eigenvalue weighted by atomic mass is 79.9. The van der Waals surface area contributed by atoms with Crippen molar-refractivity contribution in [2.45, 2.75) is 6.54 Å². The van der Waals surface area contributed by atoms with E-state index in [9.17, 15) is 0 Å². The van der Waals surface area contributed by atoms with Crippen molar-refractivity contribution in [3.63, 3.8) is 0 Å². The zero-order valence-corrected chi connectivity index (χ0v) is 12.2. The molecule has 0 saturated heterocycles. The fourth-order valence-electron chi connectivity index (χ4n) is 2.26. The Hall–Kier alpha value is -1.65. The van der Waals surface area contributed by atoms with Gasteiger partial charge in [-0.3, -0.25) is 0 Å². The van der Waals surface area contributed by atoms with Crippen LogP contribution in [0.5, 0.6) is 0 Å². The van der Waals surface area contributed by atoms with Crippen LogP contribution in [0.2, 0.25) is 0 Å². The molecule has 0 aliphatic heterocycles. The maximum atomic E-state index is 5.68. The van der Waals surface area contributed by atoms with Crippen LogP contribution in [-0.2, 0) is 13.6 Å². The van der Waals surface area contributed by atoms with Crippen molar-refractivity contribution in [1.29, 1.82) is 0 Å². The van der Waals surface area contributed by atoms with Crippen molar-refractivity contribution < 1.29 is 0 Å². The number of aromatic nitrogens is 2. The zero-order valence-electron chi connectivity index (χ0n) is 10.6. The lowest BCUT2D eigenvalue weighted by atomic mass is 10.2. The Bertz CT molecular complexity index is 746. The largest absolute Gasteiger partial charge is 0.327 e. The molecule has 1 aromatic heterocycles. The number of halogens is 1. The molecule has 3 aromatic rings. The highest BCUT2D eigenvalue weighted by molar-refractivity contribution is 9.10. The summed E-state index contributed by atoms with van der Waals surface area (Å²) in [6.45, 7) is 0.540. The highest BCUT2D eigenvalue weighted by Gasteiger charge is 2.10. The van der Waals surface area contributed by atoms with Crippen LogP contribution in [0.1, 0.15) is 5.56 Å². The van der Waals surface area contributed by atoms with Gasteiger partial charge in [0.15, 0.2) is 0 Å². The molecule has 3 nitrogen and oxygen atoms in total. The van der Waals surface area contributed by atoms with Crippen LogP contribution in [0.15, 0.2) is 46.9 Å². The standard InChI is InChI=1S/C15H14BrN3/c1-19-14-6-5-10(9-17)7-13(14)18-15(19)11-3-2-4-12(16)8-11/h2-8H,9,17H2,1H3. The van der Waals surface area contributed by atoms with Crippen LogP contribution < -0.4 is 5.73 Å². The molecule has 4 heteroatoms. The Morgan fingerprint density at radius 2 is 2.05 bits per heavy atom. The molecule has 96 valence electrons. The van der Waals surface area contributed by atoms with Crippen LogP contribution in [0.25, 0.3) is 22.4 Å². The second-order valence-corrected chi connectivity index (χ2v) is 5.45. The number of hydrogen-bond acceptors (Lipinski definition) is 2. The third kappa shape index (κ3) is 2.17. The van der Waals surface area contributed by atoms with E-state index in [1.165, 1.54) is 0 Å². The first-order valence-corrected chi connectivity index (χ1v) is 6.89. The minimum atomic E-state index is 0.540. The quantitative estimate of drug-likeness (QED) is 0.787. The van der Waals surface area contributed by atoms with Gasteiger partial charge >= 0.3 is 0 Å². The lowest BCUT2D eigenvalue weighted by Crippen LogP contribution is -1.95. The molecule has 2 aromatic carbocycles. The molecular weight excluding hydrogens is 302 g/mol. The molecule has 0 radical (unpaired) electrons. The lowest BCUT2D eigenvalue weighted by molar-refractivity contribution is 0.959. The Balaban J connectivity index is 2.22. The molecule has 0 aliphatic carbocycles. The summed E-state index contributed by atoms with van der Waals surface area (Å²) in [5, 5.41) is 0. The van der Waals surface area contributed by atoms with Gasteiger partial charge in [-0.05, 0) is 29.8 Å². The summed E-state index contributed by atoms with van der Waals surface area (Å²) in [4.78, 5) is 4.72. The van der Waals surface area contributed by atoms with E-state index in [1.54, 1.807) is 0 Å². The van der Waals surface area contributed by atoms with Crippen LogP contribution in [0.3, 0.4) is 0 Å². The molecule has 0 spiro atoms. The number of benzene rings is 2. The smallest absolute Gasteiger partial charge is 0.140 e. The first-order chi connectivity index (χ1) is 9.19. The minimum absolute atomic E-state index is 0.540. The van der Waals surface area contributed by atoms with Gasteiger partial charge in [-0.2, -0.15) is 0 Å². The summed E-state index contributed by atoms with van der Waals surface area (Å²) in [5.41, 5.74) is 9.98. The molecule has 2 N–H and O–H groups in total. The van der Waals surface area contributed by atoms with Gasteiger partial charge in [0, 0.05) is 23.6 Å². The van der Waals surface area contributed by atoms with Gasteiger partial charge in [-0.25, -0.2) is 4.98 Å². The maximum Gasteiger partial charge on any atom is 0.140 e. The maximum absolute atomic E-state index is 5.68. The molecule has 3 rings (SSSR count). The van der Waals surface area contributed by atoms with Crippen LogP contribution in [0.4, 0.5) is 0 Å². The molecule has 19 heavy (non-hydrogen) atoms. The van der Waals surface area contributed by atoms with Crippen molar-refractivity contribution in [3.05, 3.63) is 52.5 Å². The molecule has 0 fully saturated rings. The second kappa shape index (κ2) is 4.79. The van der Waals surface area contributed by atoms with Crippen molar-refractivity contribution in [1.82, 2.24) is 9.55 Å². The van der Waals surface area contributed by atoms with Gasteiger partial charge in [-0.1, -0.05) is 34.1 Å². The van der Waals surface area contributed by atoms with E-state index in [0.29, 0.717) is 6.54 Å². The van der Waals surface area contributed by atoms with Crippen LogP contribution >= 0.6 is 15.9 Å². The van der Waals surface area contributed by atoms with E-state index >= 15 is 0 Å². The lowest BCUT2D eigenvalue weighted by Gasteiger charge is -2.03. The SMILES string of the molecule is Cn1c(-c2cccc(Br)c2)nc2cc(CN)ccc21. The summed E-state index contributed by atoms with van der Waals surface area (Å²) in [7, 11) is 2.04. The third-order valence-electron chi connectivity index (χ3n) is 3.26. The summed E-state index contributed by atoms with van der Waals surface area (Å²) >= 11 is 3.50. The summed E-state index contributed by atoms with van der Waals surface area (Å²) in [6.07, 6.45) is 0. The Kier molecular flexibility index (Phi) is 3.12. The highest BCUT2D eigenvalue weighted by Crippen LogP contribution is 2.26. The van der Waals surface area contributed by atoms with Gasteiger partial charge in [0.25, 0.3) is 0 Å². The van der Waals surface area contributed by atoms with Crippen molar-refractivity contribution in [2.24, 2.45) is 12.8 Å². The second-order valence-electron chi connectivity index (χ2n) is 4.53. The zero-order chi connectivity index (χ0) is 13.4. The third-order valence-corrected chi connectivity index (χ3v) is 3.76. The van der Waals surface area contributed by atoms with E-state index in [2.05, 4.69) is 50.8 Å². The monoisotopic (exact) mass is 315 g/mol. The Morgan fingerprint density at radius 3 is 2.79 bits per heavy atom. The summed E-state index contributed by atoms with van der Waals surface area (Å²) < 4.78 is 3.16. The van der Waals surface area contributed by atoms with Crippen molar-refractivity contribution >= 4 is 27.0 Å². The van der Waals surface area contributed by atoms with E-state index in [0.717, 1.165) is 32.5 Å². The average molecular weight is 316 g/mol. The van der Waals surface area contributed by atoms with Crippen molar-refractivity contribution in [2.75, 3.05) is 0 Å². The Labute approximate surface area is 120 Å². The minimum Gasteiger partial charge on any atom is -0.327 e. The van der Waals surface area contributed by atoms with Gasteiger partial charge in [0.05, 0.1) is 11.0 Å². The van der Waals surface area contributed by atoms with E-state index in [4.69, 9.17) is 10.7 Å². The average Bonchev–Trinajstić information content (AvgIpc) is 2.75. The van der Waals surface area contributed by atoms with Gasteiger partial charge < -0.3 is 10.3 Å². The first-order valence-electron chi connectivity index (χ1n) is 6.10. The molecular formula is C15H14BrN3. The number of rotatable bonds is 2. The summed E-state index contributed by atoms with van der Waals surface area (Å²) in [6, 6.07) is 14.3. The predicted molar refractivity (Wildman–Crippen MR) is 81.7 cm³/mol. The fourth-order valence-corrected chi connectivity index (χ4v) is 2.66. The molecule has 0 saturated carbocycles. The number of nitrogens with zero attached hydrogens (tertiary/aromatic N) is 2. The Morgan fingerprint density at radius 1 is 1.21 bits per heavy atom. The molecule has 1 heterocycles. The molecule has 0 unspecified atom stereocenters. The molecule has 0 amide bonds. The number of fused-ring (bicyclic) bond motifs is 1. The van der Waals surface area contributed by atoms with Crippen molar-refractivity contribution in [3.8, 4) is 11.4 Å². The van der Waals surface area contributed by atoms with Crippen LogP contribution in [0, 0.1) is 0 Å². The van der Waals surface area contributed by atoms with Gasteiger partial charge in [-0.15, -0.1) is 0 Å². The van der Waals surface area contributed by atoms with E-state index in [1.807, 2.05) is 19.2 Å². The first kappa shape index (κ1) is 12.4. The number of nitrogens with two attached hydrogens (primary N) is 1. The van der Waals surface area contributed by atoms with Gasteiger partial charge in [0.1, 0.15) is 5.82 Å². The molecule has 0 atom stereocenters. The van der Waals surface area contributed by atoms with Gasteiger partial charge in [0.2, 0.25) is 0 Å². The topological polar surface area (TPSA) is 43.8 Å². The predicted octanol–water partition coefficient (Wildman–Crippen LogP) is 3.46. The fraction of sp³-hybridized carbons (Fsp3) is 0.133. The summed E-state index contributed by atoms with van der Waals surface area (Å²) in [5.74, 6) is 0.963. The molecule has 0 aliphatic rings. The van der Waals surface area contributed by atoms with E-state index in [-0.39, 0.29) is 0 Å². The number of imidazole rings is 1. The molecule has 0 bridgehead atoms. The van der Waals surface area contributed by atoms with E-state index < -0.39 is 0 Å².